The number of aryl methyl sites for hydroxylation is 1. The van der Waals surface area contributed by atoms with Gasteiger partial charge in [0, 0.05) is 51.0 Å². The van der Waals surface area contributed by atoms with Gasteiger partial charge in [-0.2, -0.15) is 0 Å². The highest BCUT2D eigenvalue weighted by molar-refractivity contribution is 5.38. The van der Waals surface area contributed by atoms with Gasteiger partial charge in [0.05, 0.1) is 19.9 Å². The van der Waals surface area contributed by atoms with Gasteiger partial charge in [0.2, 0.25) is 0 Å². The second kappa shape index (κ2) is 8.27. The SMILES string of the molecule is COc1cc(CN2CCN(Cc3cc(C)ncn3)CC2)cc(OC)c1. The van der Waals surface area contributed by atoms with Gasteiger partial charge in [0.15, 0.2) is 0 Å². The third-order valence-electron chi connectivity index (χ3n) is 4.53. The predicted octanol–water partition coefficient (Wildman–Crippen LogP) is 2.12. The Morgan fingerprint density at radius 2 is 1.44 bits per heavy atom. The molecule has 0 spiro atoms. The van der Waals surface area contributed by atoms with Crippen LogP contribution >= 0.6 is 0 Å². The summed E-state index contributed by atoms with van der Waals surface area (Å²) in [6, 6.07) is 8.14. The molecule has 0 unspecified atom stereocenters. The zero-order valence-electron chi connectivity index (χ0n) is 15.2. The summed E-state index contributed by atoms with van der Waals surface area (Å²) in [6.45, 7) is 7.99. The minimum atomic E-state index is 0.840. The van der Waals surface area contributed by atoms with E-state index in [2.05, 4.69) is 38.0 Å². The molecule has 1 aromatic carbocycles. The molecular formula is C19H26N4O2. The van der Waals surface area contributed by atoms with Crippen LogP contribution < -0.4 is 9.47 Å². The zero-order chi connectivity index (χ0) is 17.6. The summed E-state index contributed by atoms with van der Waals surface area (Å²) < 4.78 is 10.7. The Balaban J connectivity index is 1.54. The van der Waals surface area contributed by atoms with E-state index in [1.54, 1.807) is 20.5 Å². The van der Waals surface area contributed by atoms with E-state index in [9.17, 15) is 0 Å². The van der Waals surface area contributed by atoms with Crippen molar-refractivity contribution in [3.8, 4) is 11.5 Å². The summed E-state index contributed by atoms with van der Waals surface area (Å²) in [5.41, 5.74) is 3.34. The largest absolute Gasteiger partial charge is 0.497 e. The second-order valence-corrected chi connectivity index (χ2v) is 6.42. The number of hydrogen-bond acceptors (Lipinski definition) is 6. The van der Waals surface area contributed by atoms with E-state index in [1.165, 1.54) is 5.56 Å². The molecule has 0 amide bonds. The monoisotopic (exact) mass is 342 g/mol. The first-order valence-electron chi connectivity index (χ1n) is 8.60. The van der Waals surface area contributed by atoms with Crippen molar-refractivity contribution in [2.24, 2.45) is 0 Å². The molecule has 25 heavy (non-hydrogen) atoms. The minimum absolute atomic E-state index is 0.840. The van der Waals surface area contributed by atoms with Crippen molar-refractivity contribution < 1.29 is 9.47 Å². The smallest absolute Gasteiger partial charge is 0.122 e. The van der Waals surface area contributed by atoms with Crippen molar-refractivity contribution in [3.63, 3.8) is 0 Å². The second-order valence-electron chi connectivity index (χ2n) is 6.42. The van der Waals surface area contributed by atoms with Gasteiger partial charge in [-0.1, -0.05) is 0 Å². The molecular weight excluding hydrogens is 316 g/mol. The molecule has 0 atom stereocenters. The average Bonchev–Trinajstić information content (AvgIpc) is 2.63. The van der Waals surface area contributed by atoms with Gasteiger partial charge in [-0.25, -0.2) is 9.97 Å². The van der Waals surface area contributed by atoms with Crippen molar-refractivity contribution >= 4 is 0 Å². The predicted molar refractivity (Wildman–Crippen MR) is 96.9 cm³/mol. The van der Waals surface area contributed by atoms with E-state index in [0.717, 1.165) is 62.2 Å². The fourth-order valence-corrected chi connectivity index (χ4v) is 3.15. The Kier molecular flexibility index (Phi) is 5.83. The fraction of sp³-hybridized carbons (Fsp3) is 0.474. The third kappa shape index (κ3) is 4.90. The molecule has 0 bridgehead atoms. The molecule has 134 valence electrons. The number of ether oxygens (including phenoxy) is 2. The van der Waals surface area contributed by atoms with Crippen molar-refractivity contribution in [2.45, 2.75) is 20.0 Å². The van der Waals surface area contributed by atoms with E-state index in [-0.39, 0.29) is 0 Å². The molecule has 0 radical (unpaired) electrons. The average molecular weight is 342 g/mol. The molecule has 6 heteroatoms. The maximum Gasteiger partial charge on any atom is 0.122 e. The summed E-state index contributed by atoms with van der Waals surface area (Å²) in [5.74, 6) is 1.68. The van der Waals surface area contributed by atoms with E-state index in [4.69, 9.17) is 9.47 Å². The van der Waals surface area contributed by atoms with Gasteiger partial charge in [-0.05, 0) is 30.7 Å². The highest BCUT2D eigenvalue weighted by Crippen LogP contribution is 2.23. The van der Waals surface area contributed by atoms with Gasteiger partial charge in [0.25, 0.3) is 0 Å². The van der Waals surface area contributed by atoms with E-state index >= 15 is 0 Å². The van der Waals surface area contributed by atoms with Crippen LogP contribution in [0.1, 0.15) is 17.0 Å². The molecule has 0 saturated carbocycles. The molecule has 0 N–H and O–H groups in total. The molecule has 1 saturated heterocycles. The normalized spacial score (nSPS) is 16.0. The molecule has 1 aliphatic rings. The quantitative estimate of drug-likeness (QED) is 0.801. The lowest BCUT2D eigenvalue weighted by Gasteiger charge is -2.34. The van der Waals surface area contributed by atoms with Crippen LogP contribution in [0.5, 0.6) is 11.5 Å². The zero-order valence-corrected chi connectivity index (χ0v) is 15.2. The fourth-order valence-electron chi connectivity index (χ4n) is 3.15. The van der Waals surface area contributed by atoms with Gasteiger partial charge in [0.1, 0.15) is 17.8 Å². The van der Waals surface area contributed by atoms with E-state index < -0.39 is 0 Å². The lowest BCUT2D eigenvalue weighted by molar-refractivity contribution is 0.121. The van der Waals surface area contributed by atoms with Crippen molar-refractivity contribution in [1.29, 1.82) is 0 Å². The molecule has 1 fully saturated rings. The minimum Gasteiger partial charge on any atom is -0.497 e. The summed E-state index contributed by atoms with van der Waals surface area (Å²) in [7, 11) is 3.37. The Bertz CT molecular complexity index is 677. The van der Waals surface area contributed by atoms with Crippen molar-refractivity contribution in [2.75, 3.05) is 40.4 Å². The van der Waals surface area contributed by atoms with Crippen LogP contribution in [-0.2, 0) is 13.1 Å². The van der Waals surface area contributed by atoms with Crippen LogP contribution in [0.25, 0.3) is 0 Å². The molecule has 2 aromatic rings. The number of benzene rings is 1. The van der Waals surface area contributed by atoms with Crippen molar-refractivity contribution in [1.82, 2.24) is 19.8 Å². The van der Waals surface area contributed by atoms with Crippen LogP contribution in [0, 0.1) is 6.92 Å². The highest BCUT2D eigenvalue weighted by atomic mass is 16.5. The number of aromatic nitrogens is 2. The highest BCUT2D eigenvalue weighted by Gasteiger charge is 2.18. The lowest BCUT2D eigenvalue weighted by atomic mass is 10.1. The Labute approximate surface area is 149 Å². The number of nitrogens with zero attached hydrogens (tertiary/aromatic N) is 4. The van der Waals surface area contributed by atoms with Crippen LogP contribution in [0.2, 0.25) is 0 Å². The molecule has 0 aliphatic carbocycles. The van der Waals surface area contributed by atoms with Crippen LogP contribution in [0.3, 0.4) is 0 Å². The first-order chi connectivity index (χ1) is 12.2. The third-order valence-corrected chi connectivity index (χ3v) is 4.53. The summed E-state index contributed by atoms with van der Waals surface area (Å²) >= 11 is 0. The molecule has 2 heterocycles. The lowest BCUT2D eigenvalue weighted by Crippen LogP contribution is -2.45. The standard InChI is InChI=1S/C19H26N4O2/c1-15-8-17(21-14-20-15)13-23-6-4-22(5-7-23)12-16-9-18(24-2)11-19(10-16)25-3/h8-11,14H,4-7,12-13H2,1-3H3. The molecule has 6 nitrogen and oxygen atoms in total. The Morgan fingerprint density at radius 3 is 2.00 bits per heavy atom. The van der Waals surface area contributed by atoms with Gasteiger partial charge in [-0.3, -0.25) is 9.80 Å². The Hall–Kier alpha value is -2.18. The van der Waals surface area contributed by atoms with Gasteiger partial charge >= 0.3 is 0 Å². The number of methoxy groups -OCH3 is 2. The molecule has 1 aromatic heterocycles. The van der Waals surface area contributed by atoms with Gasteiger partial charge in [-0.15, -0.1) is 0 Å². The van der Waals surface area contributed by atoms with Crippen LogP contribution in [-0.4, -0.2) is 60.2 Å². The first kappa shape index (κ1) is 17.6. The summed E-state index contributed by atoms with van der Waals surface area (Å²) in [5, 5.41) is 0. The van der Waals surface area contributed by atoms with Gasteiger partial charge < -0.3 is 9.47 Å². The summed E-state index contributed by atoms with van der Waals surface area (Å²) in [4.78, 5) is 13.4. The number of piperazine rings is 1. The molecule has 1 aliphatic heterocycles. The maximum atomic E-state index is 5.36. The van der Waals surface area contributed by atoms with Crippen molar-refractivity contribution in [3.05, 3.63) is 47.5 Å². The number of rotatable bonds is 6. The first-order valence-corrected chi connectivity index (χ1v) is 8.60. The van der Waals surface area contributed by atoms with Crippen LogP contribution in [0.15, 0.2) is 30.6 Å². The molecule has 3 rings (SSSR count). The Morgan fingerprint density at radius 1 is 0.840 bits per heavy atom. The maximum absolute atomic E-state index is 5.36. The van der Waals surface area contributed by atoms with E-state index in [1.807, 2.05) is 13.0 Å². The van der Waals surface area contributed by atoms with E-state index in [0.29, 0.717) is 0 Å². The van der Waals surface area contributed by atoms with Crippen LogP contribution in [0.4, 0.5) is 0 Å². The summed E-state index contributed by atoms with van der Waals surface area (Å²) in [6.07, 6.45) is 1.65. The number of hydrogen-bond donors (Lipinski definition) is 0. The topological polar surface area (TPSA) is 50.7 Å².